The van der Waals surface area contributed by atoms with Crippen molar-refractivity contribution in [2.45, 2.75) is 17.3 Å². The second kappa shape index (κ2) is 10.7. The molecule has 1 atom stereocenters. The molecule has 0 saturated heterocycles. The minimum Gasteiger partial charge on any atom is -0.493 e. The third kappa shape index (κ3) is 5.84. The van der Waals surface area contributed by atoms with E-state index in [1.165, 1.54) is 15.9 Å². The monoisotopic (exact) mass is 453 g/mol. The number of para-hydroxylation sites is 2. The maximum atomic E-state index is 5.56. The Labute approximate surface area is 178 Å². The van der Waals surface area contributed by atoms with Gasteiger partial charge in [-0.3, -0.25) is 0 Å². The van der Waals surface area contributed by atoms with Gasteiger partial charge in [0.2, 0.25) is 0 Å². The summed E-state index contributed by atoms with van der Waals surface area (Å²) < 4.78 is 13.4. The molecule has 0 radical (unpaired) electrons. The number of rotatable bonds is 10. The van der Waals surface area contributed by atoms with Crippen molar-refractivity contribution >= 4 is 67.7 Å². The van der Waals surface area contributed by atoms with Crippen LogP contribution in [0.25, 0.3) is 10.2 Å². The second-order valence-electron chi connectivity index (χ2n) is 6.18. The first-order chi connectivity index (χ1) is 13.2. The molecule has 1 heterocycles. The van der Waals surface area contributed by atoms with Crippen molar-refractivity contribution in [3.8, 4) is 11.5 Å². The number of hydrogen-bond acceptors (Lipinski definition) is 7. The van der Waals surface area contributed by atoms with Crippen molar-refractivity contribution < 1.29 is 9.47 Å². The van der Waals surface area contributed by atoms with Crippen molar-refractivity contribution in [1.29, 1.82) is 0 Å². The molecule has 2 aromatic carbocycles. The molecule has 27 heavy (non-hydrogen) atoms. The summed E-state index contributed by atoms with van der Waals surface area (Å²) in [4.78, 5) is 4.67. The van der Waals surface area contributed by atoms with Crippen LogP contribution in [0.2, 0.25) is 6.04 Å². The number of hydrogen-bond donors (Lipinski definition) is 0. The number of methoxy groups -OCH3 is 2. The number of ether oxygens (including phenoxy) is 2. The smallest absolute Gasteiger partial charge is 0.162 e. The van der Waals surface area contributed by atoms with Gasteiger partial charge >= 0.3 is 0 Å². The molecule has 3 rings (SSSR count). The maximum absolute atomic E-state index is 5.56. The molecular weight excluding hydrogens is 431 g/mol. The SMILES string of the molecule is COc1cccc([SiH2]CC(C)CSSSc2nc3ccccc3s2)c1OC. The topological polar surface area (TPSA) is 31.4 Å². The van der Waals surface area contributed by atoms with E-state index in [-0.39, 0.29) is 9.52 Å². The third-order valence-corrected chi connectivity index (χ3v) is 12.1. The van der Waals surface area contributed by atoms with E-state index >= 15 is 0 Å². The van der Waals surface area contributed by atoms with Gasteiger partial charge in [0.05, 0.1) is 34.0 Å². The fourth-order valence-corrected chi connectivity index (χ4v) is 10.5. The molecule has 0 fully saturated rings. The van der Waals surface area contributed by atoms with Crippen LogP contribution < -0.4 is 14.7 Å². The first-order valence-corrected chi connectivity index (χ1v) is 14.9. The molecule has 0 saturated carbocycles. The summed E-state index contributed by atoms with van der Waals surface area (Å²) >= 11 is 1.77. The Bertz CT molecular complexity index is 841. The lowest BCUT2D eigenvalue weighted by Crippen LogP contribution is -2.19. The molecule has 8 heteroatoms. The van der Waals surface area contributed by atoms with E-state index < -0.39 is 0 Å². The molecule has 0 N–H and O–H groups in total. The Balaban J connectivity index is 1.41. The third-order valence-electron chi connectivity index (χ3n) is 4.17. The fraction of sp³-hybridized carbons (Fsp3) is 0.316. The Morgan fingerprint density at radius 1 is 1.11 bits per heavy atom. The predicted octanol–water partition coefficient (Wildman–Crippen LogP) is 5.25. The van der Waals surface area contributed by atoms with Crippen molar-refractivity contribution in [1.82, 2.24) is 4.98 Å². The normalized spacial score (nSPS) is 12.7. The molecule has 1 unspecified atom stereocenters. The van der Waals surface area contributed by atoms with E-state index in [1.54, 1.807) is 36.4 Å². The Hall–Kier alpha value is -0.803. The summed E-state index contributed by atoms with van der Waals surface area (Å²) in [6.45, 7) is 2.34. The summed E-state index contributed by atoms with van der Waals surface area (Å²) in [5.74, 6) is 3.61. The molecule has 0 amide bonds. The van der Waals surface area contributed by atoms with E-state index in [9.17, 15) is 0 Å². The highest BCUT2D eigenvalue weighted by Crippen LogP contribution is 2.43. The van der Waals surface area contributed by atoms with Crippen LogP contribution in [0.15, 0.2) is 46.8 Å². The molecule has 0 spiro atoms. The average Bonchev–Trinajstić information content (AvgIpc) is 3.12. The van der Waals surface area contributed by atoms with E-state index in [4.69, 9.17) is 9.47 Å². The summed E-state index contributed by atoms with van der Waals surface area (Å²) in [6.07, 6.45) is 0. The van der Waals surface area contributed by atoms with Gasteiger partial charge in [-0.15, -0.1) is 11.3 Å². The summed E-state index contributed by atoms with van der Waals surface area (Å²) in [5, 5.41) is 1.35. The Kier molecular flexibility index (Phi) is 8.26. The Morgan fingerprint density at radius 3 is 2.74 bits per heavy atom. The first kappa shape index (κ1) is 20.9. The summed E-state index contributed by atoms with van der Waals surface area (Å²) in [7, 11) is 8.59. The number of benzene rings is 2. The van der Waals surface area contributed by atoms with Crippen LogP contribution in [0, 0.1) is 5.92 Å². The van der Waals surface area contributed by atoms with E-state index in [0.717, 1.165) is 27.1 Å². The van der Waals surface area contributed by atoms with Gasteiger partial charge in [-0.05, 0) is 49.9 Å². The number of thiazole rings is 1. The molecule has 0 aliphatic rings. The minimum absolute atomic E-state index is 0.376. The van der Waals surface area contributed by atoms with Crippen LogP contribution in [0.5, 0.6) is 11.5 Å². The van der Waals surface area contributed by atoms with Crippen LogP contribution in [0.4, 0.5) is 0 Å². The van der Waals surface area contributed by atoms with Crippen molar-refractivity contribution in [3.63, 3.8) is 0 Å². The van der Waals surface area contributed by atoms with E-state index in [0.29, 0.717) is 5.92 Å². The van der Waals surface area contributed by atoms with Gasteiger partial charge in [0.1, 0.15) is 0 Å². The zero-order chi connectivity index (χ0) is 19.1. The van der Waals surface area contributed by atoms with Gasteiger partial charge in [0, 0.05) is 5.75 Å². The standard InChI is InChI=1S/C19H23NO2S4Si/c1-13(12-27-17-10-6-8-15(21-2)18(17)22-3)11-23-26-25-19-20-14-7-4-5-9-16(14)24-19/h4-10,13H,11-12,27H2,1-3H3. The highest BCUT2D eigenvalue weighted by Gasteiger charge is 2.12. The predicted molar refractivity (Wildman–Crippen MR) is 127 cm³/mol. The lowest BCUT2D eigenvalue weighted by Gasteiger charge is -2.14. The van der Waals surface area contributed by atoms with E-state index in [2.05, 4.69) is 42.2 Å². The number of fused-ring (bicyclic) bond motifs is 1. The maximum Gasteiger partial charge on any atom is 0.162 e. The van der Waals surface area contributed by atoms with Crippen LogP contribution in [-0.4, -0.2) is 34.5 Å². The average molecular weight is 454 g/mol. The highest BCUT2D eigenvalue weighted by molar-refractivity contribution is 9.09. The number of aromatic nitrogens is 1. The molecule has 3 nitrogen and oxygen atoms in total. The molecule has 3 aromatic rings. The quantitative estimate of drug-likeness (QED) is 0.237. The van der Waals surface area contributed by atoms with Gasteiger partial charge in [0.25, 0.3) is 0 Å². The highest BCUT2D eigenvalue weighted by atomic mass is 33.5. The molecule has 0 aliphatic carbocycles. The van der Waals surface area contributed by atoms with Crippen molar-refractivity contribution in [3.05, 3.63) is 42.5 Å². The Morgan fingerprint density at radius 2 is 1.96 bits per heavy atom. The summed E-state index contributed by atoms with van der Waals surface area (Å²) in [5.41, 5.74) is 1.10. The van der Waals surface area contributed by atoms with Gasteiger partial charge in [-0.2, -0.15) is 0 Å². The van der Waals surface area contributed by atoms with Gasteiger partial charge in [0.15, 0.2) is 15.8 Å². The van der Waals surface area contributed by atoms with Crippen molar-refractivity contribution in [2.24, 2.45) is 5.92 Å². The molecular formula is C19H23NO2S4Si. The zero-order valence-electron chi connectivity index (χ0n) is 15.6. The van der Waals surface area contributed by atoms with Crippen LogP contribution >= 0.6 is 42.8 Å². The first-order valence-electron chi connectivity index (χ1n) is 8.73. The van der Waals surface area contributed by atoms with Crippen LogP contribution in [-0.2, 0) is 0 Å². The van der Waals surface area contributed by atoms with Crippen LogP contribution in [0.3, 0.4) is 0 Å². The fourth-order valence-electron chi connectivity index (χ4n) is 2.72. The van der Waals surface area contributed by atoms with E-state index in [1.807, 2.05) is 32.8 Å². The molecule has 0 bridgehead atoms. The van der Waals surface area contributed by atoms with Crippen molar-refractivity contribution in [2.75, 3.05) is 20.0 Å². The molecule has 0 aliphatic heterocycles. The van der Waals surface area contributed by atoms with Gasteiger partial charge in [-0.25, -0.2) is 4.98 Å². The summed E-state index contributed by atoms with van der Waals surface area (Å²) in [6, 6.07) is 15.8. The number of nitrogens with zero attached hydrogens (tertiary/aromatic N) is 1. The largest absolute Gasteiger partial charge is 0.493 e. The molecule has 144 valence electrons. The zero-order valence-corrected chi connectivity index (χ0v) is 20.3. The second-order valence-corrected chi connectivity index (χ2v) is 13.4. The minimum atomic E-state index is -0.376. The molecule has 1 aromatic heterocycles. The van der Waals surface area contributed by atoms with Gasteiger partial charge < -0.3 is 9.47 Å². The van der Waals surface area contributed by atoms with Gasteiger partial charge in [-0.1, -0.05) is 48.0 Å². The lowest BCUT2D eigenvalue weighted by molar-refractivity contribution is 0.357. The lowest BCUT2D eigenvalue weighted by atomic mass is 10.3. The van der Waals surface area contributed by atoms with Crippen LogP contribution in [0.1, 0.15) is 6.92 Å².